The van der Waals surface area contributed by atoms with Gasteiger partial charge in [0, 0.05) is 12.8 Å². The van der Waals surface area contributed by atoms with Crippen LogP contribution in [-0.2, 0) is 14.3 Å². The van der Waals surface area contributed by atoms with Crippen molar-refractivity contribution >= 4 is 23.3 Å². The molecule has 0 aliphatic carbocycles. The van der Waals surface area contributed by atoms with Crippen molar-refractivity contribution in [3.05, 3.63) is 35.0 Å². The summed E-state index contributed by atoms with van der Waals surface area (Å²) in [5.41, 5.74) is 1.15. The van der Waals surface area contributed by atoms with Crippen LogP contribution in [0.15, 0.2) is 35.0 Å². The second-order valence-corrected chi connectivity index (χ2v) is 3.93. The molecule has 2 rings (SSSR count). The van der Waals surface area contributed by atoms with Crippen LogP contribution in [0, 0.1) is 0 Å². The minimum atomic E-state index is -0.799. The van der Waals surface area contributed by atoms with Crippen molar-refractivity contribution < 1.29 is 19.0 Å². The van der Waals surface area contributed by atoms with E-state index in [-0.39, 0.29) is 5.03 Å². The number of rotatable bonds is 4. The zero-order chi connectivity index (χ0) is 13.1. The summed E-state index contributed by atoms with van der Waals surface area (Å²) in [6, 6.07) is 7.17. The van der Waals surface area contributed by atoms with Crippen LogP contribution in [0.4, 0.5) is 5.69 Å². The van der Waals surface area contributed by atoms with Gasteiger partial charge < -0.3 is 19.5 Å². The fourth-order valence-electron chi connectivity index (χ4n) is 1.53. The molecule has 0 saturated heterocycles. The number of benzene rings is 1. The molecule has 0 amide bonds. The van der Waals surface area contributed by atoms with Crippen molar-refractivity contribution in [2.45, 2.75) is 6.29 Å². The van der Waals surface area contributed by atoms with E-state index in [1.807, 2.05) is 0 Å². The van der Waals surface area contributed by atoms with Crippen molar-refractivity contribution in [1.29, 1.82) is 0 Å². The first kappa shape index (κ1) is 12.7. The minimum Gasteiger partial charge on any atom is -0.497 e. The van der Waals surface area contributed by atoms with Gasteiger partial charge in [-0.25, -0.2) is 4.79 Å². The van der Waals surface area contributed by atoms with Crippen molar-refractivity contribution in [3.8, 4) is 5.75 Å². The topological polar surface area (TPSA) is 56.8 Å². The predicted molar refractivity (Wildman–Crippen MR) is 66.4 cm³/mol. The van der Waals surface area contributed by atoms with E-state index in [0.29, 0.717) is 5.70 Å². The average molecular weight is 270 g/mol. The zero-order valence-electron chi connectivity index (χ0n) is 9.90. The molecule has 1 aromatic carbocycles. The quantitative estimate of drug-likeness (QED) is 0.848. The Hall–Kier alpha value is -1.72. The van der Waals surface area contributed by atoms with E-state index in [9.17, 15) is 4.79 Å². The first-order chi connectivity index (χ1) is 8.65. The summed E-state index contributed by atoms with van der Waals surface area (Å²) in [5.74, 6) is 0.141. The molecule has 0 spiro atoms. The summed E-state index contributed by atoms with van der Waals surface area (Å²) >= 11 is 5.85. The maximum absolute atomic E-state index is 11.3. The monoisotopic (exact) mass is 269 g/mol. The SMILES string of the molecule is COc1ccc(NC2=C(Cl)C(=O)O[C@@H]2OC)cc1. The van der Waals surface area contributed by atoms with E-state index in [4.69, 9.17) is 25.8 Å². The van der Waals surface area contributed by atoms with Gasteiger partial charge in [0.15, 0.2) is 5.03 Å². The Balaban J connectivity index is 2.19. The molecule has 0 aromatic heterocycles. The summed E-state index contributed by atoms with van der Waals surface area (Å²) in [5, 5.41) is 2.99. The second kappa shape index (κ2) is 5.29. The van der Waals surface area contributed by atoms with Crippen LogP contribution in [0.1, 0.15) is 0 Å². The summed E-state index contributed by atoms with van der Waals surface area (Å²) in [7, 11) is 3.02. The van der Waals surface area contributed by atoms with Gasteiger partial charge in [0.1, 0.15) is 11.4 Å². The number of hydrogen-bond donors (Lipinski definition) is 1. The van der Waals surface area contributed by atoms with Crippen molar-refractivity contribution in [1.82, 2.24) is 0 Å². The molecule has 0 fully saturated rings. The molecule has 1 N–H and O–H groups in total. The van der Waals surface area contributed by atoms with Gasteiger partial charge in [-0.1, -0.05) is 11.6 Å². The Morgan fingerprint density at radius 2 is 1.94 bits per heavy atom. The van der Waals surface area contributed by atoms with E-state index in [2.05, 4.69) is 5.32 Å². The number of carbonyl (C=O) groups excluding carboxylic acids is 1. The molecule has 1 aliphatic heterocycles. The number of methoxy groups -OCH3 is 2. The fourth-order valence-corrected chi connectivity index (χ4v) is 1.71. The van der Waals surface area contributed by atoms with Crippen LogP contribution in [0.2, 0.25) is 0 Å². The number of esters is 1. The van der Waals surface area contributed by atoms with Crippen LogP contribution in [0.5, 0.6) is 5.75 Å². The van der Waals surface area contributed by atoms with Crippen LogP contribution in [-0.4, -0.2) is 26.5 Å². The zero-order valence-corrected chi connectivity index (χ0v) is 10.7. The Labute approximate surface area is 109 Å². The molecule has 0 saturated carbocycles. The number of carbonyl (C=O) groups is 1. The highest BCUT2D eigenvalue weighted by molar-refractivity contribution is 6.42. The summed E-state index contributed by atoms with van der Waals surface area (Å²) < 4.78 is 15.0. The molecule has 1 heterocycles. The Morgan fingerprint density at radius 1 is 1.28 bits per heavy atom. The van der Waals surface area contributed by atoms with Gasteiger partial charge >= 0.3 is 5.97 Å². The molecule has 1 atom stereocenters. The number of anilines is 1. The Kier molecular flexibility index (Phi) is 3.74. The van der Waals surface area contributed by atoms with Gasteiger partial charge in [-0.15, -0.1) is 0 Å². The third-order valence-electron chi connectivity index (χ3n) is 2.45. The molecule has 0 unspecified atom stereocenters. The molecule has 0 bridgehead atoms. The van der Waals surface area contributed by atoms with E-state index >= 15 is 0 Å². The van der Waals surface area contributed by atoms with E-state index < -0.39 is 12.3 Å². The molecule has 96 valence electrons. The first-order valence-electron chi connectivity index (χ1n) is 5.20. The van der Waals surface area contributed by atoms with Crippen LogP contribution in [0.3, 0.4) is 0 Å². The highest BCUT2D eigenvalue weighted by Crippen LogP contribution is 2.28. The molecule has 0 radical (unpaired) electrons. The highest BCUT2D eigenvalue weighted by Gasteiger charge is 2.33. The van der Waals surface area contributed by atoms with Gasteiger partial charge in [0.05, 0.1) is 7.11 Å². The van der Waals surface area contributed by atoms with Crippen LogP contribution in [0.25, 0.3) is 0 Å². The maximum Gasteiger partial charge on any atom is 0.354 e. The number of hydrogen-bond acceptors (Lipinski definition) is 5. The van der Waals surface area contributed by atoms with Gasteiger partial charge in [0.25, 0.3) is 0 Å². The van der Waals surface area contributed by atoms with Crippen molar-refractivity contribution in [3.63, 3.8) is 0 Å². The lowest BCUT2D eigenvalue weighted by Gasteiger charge is -2.14. The standard InChI is InChI=1S/C12H12ClNO4/c1-16-8-5-3-7(4-6-8)14-10-9(13)11(15)18-12(10)17-2/h3-6,12,14H,1-2H3/t12-/m0/s1. The van der Waals surface area contributed by atoms with E-state index in [1.54, 1.807) is 31.4 Å². The molecular weight excluding hydrogens is 258 g/mol. The summed E-state index contributed by atoms with van der Waals surface area (Å²) in [6.45, 7) is 0. The Bertz CT molecular complexity index is 483. The molecule has 5 nitrogen and oxygen atoms in total. The smallest absolute Gasteiger partial charge is 0.354 e. The third-order valence-corrected chi connectivity index (χ3v) is 2.81. The van der Waals surface area contributed by atoms with Gasteiger partial charge in [-0.3, -0.25) is 0 Å². The predicted octanol–water partition coefficient (Wildman–Crippen LogP) is 2.09. The first-order valence-corrected chi connectivity index (χ1v) is 5.58. The van der Waals surface area contributed by atoms with Gasteiger partial charge in [-0.2, -0.15) is 0 Å². The summed E-state index contributed by atoms with van der Waals surface area (Å²) in [6.07, 6.45) is -0.799. The lowest BCUT2D eigenvalue weighted by atomic mass is 10.3. The van der Waals surface area contributed by atoms with Crippen molar-refractivity contribution in [2.24, 2.45) is 0 Å². The number of cyclic esters (lactones) is 1. The molecule has 1 aliphatic rings. The lowest BCUT2D eigenvalue weighted by Crippen LogP contribution is -2.18. The average Bonchev–Trinajstić information content (AvgIpc) is 2.67. The highest BCUT2D eigenvalue weighted by atomic mass is 35.5. The maximum atomic E-state index is 11.3. The Morgan fingerprint density at radius 3 is 2.50 bits per heavy atom. The van der Waals surface area contributed by atoms with Crippen molar-refractivity contribution in [2.75, 3.05) is 19.5 Å². The van der Waals surface area contributed by atoms with E-state index in [1.165, 1.54) is 7.11 Å². The third kappa shape index (κ3) is 2.42. The lowest BCUT2D eigenvalue weighted by molar-refractivity contribution is -0.155. The molecule has 1 aromatic rings. The minimum absolute atomic E-state index is 0.00216. The van der Waals surface area contributed by atoms with Crippen LogP contribution >= 0.6 is 11.6 Å². The largest absolute Gasteiger partial charge is 0.497 e. The second-order valence-electron chi connectivity index (χ2n) is 3.55. The van der Waals surface area contributed by atoms with E-state index in [0.717, 1.165) is 11.4 Å². The normalized spacial score (nSPS) is 18.8. The number of ether oxygens (including phenoxy) is 3. The molecule has 18 heavy (non-hydrogen) atoms. The van der Waals surface area contributed by atoms with Gasteiger partial charge in [0.2, 0.25) is 6.29 Å². The number of nitrogens with one attached hydrogen (secondary N) is 1. The van der Waals surface area contributed by atoms with Crippen LogP contribution < -0.4 is 10.1 Å². The summed E-state index contributed by atoms with van der Waals surface area (Å²) in [4.78, 5) is 11.3. The number of halogens is 1. The van der Waals surface area contributed by atoms with Gasteiger partial charge in [-0.05, 0) is 24.3 Å². The fraction of sp³-hybridized carbons (Fsp3) is 0.250. The molecule has 6 heteroatoms. The molecular formula is C12H12ClNO4.